The first-order valence-electron chi connectivity index (χ1n) is 12.6. The molecular weight excluding hydrogens is 522 g/mol. The second-order valence-corrected chi connectivity index (χ2v) is 8.49. The molecule has 2 rings (SSSR count). The summed E-state index contributed by atoms with van der Waals surface area (Å²) in [7, 11) is 4.34. The van der Waals surface area contributed by atoms with Crippen LogP contribution in [-0.4, -0.2) is 77.4 Å². The predicted octanol–water partition coefficient (Wildman–Crippen LogP) is 1.69. The number of ether oxygens (including phenoxy) is 4. The van der Waals surface area contributed by atoms with Gasteiger partial charge < -0.3 is 34.9 Å². The summed E-state index contributed by atoms with van der Waals surface area (Å²) in [6.07, 6.45) is 2.40. The van der Waals surface area contributed by atoms with Gasteiger partial charge in [0.15, 0.2) is 12.6 Å². The van der Waals surface area contributed by atoms with Gasteiger partial charge in [0, 0.05) is 38.6 Å². The van der Waals surface area contributed by atoms with Gasteiger partial charge in [0.25, 0.3) is 0 Å². The Morgan fingerprint density at radius 2 is 1.30 bits per heavy atom. The minimum absolute atomic E-state index is 0.0746. The second kappa shape index (κ2) is 17.1. The van der Waals surface area contributed by atoms with Gasteiger partial charge in [0.2, 0.25) is 17.7 Å². The minimum Gasteiger partial charge on any atom is -0.496 e. The van der Waals surface area contributed by atoms with E-state index < -0.39 is 11.9 Å². The van der Waals surface area contributed by atoms with Crippen LogP contribution in [0.5, 0.6) is 23.0 Å². The summed E-state index contributed by atoms with van der Waals surface area (Å²) in [5.41, 5.74) is 0.807. The average molecular weight is 558 g/mol. The minimum atomic E-state index is -0.942. The zero-order chi connectivity index (χ0) is 29.3. The van der Waals surface area contributed by atoms with E-state index in [1.807, 2.05) is 0 Å². The Hall–Kier alpha value is -4.61. The van der Waals surface area contributed by atoms with Crippen LogP contribution in [0.25, 0.3) is 0 Å². The third-order valence-electron chi connectivity index (χ3n) is 5.70. The third-order valence-corrected chi connectivity index (χ3v) is 5.70. The molecule has 40 heavy (non-hydrogen) atoms. The zero-order valence-corrected chi connectivity index (χ0v) is 22.8. The summed E-state index contributed by atoms with van der Waals surface area (Å²) >= 11 is 0. The average Bonchev–Trinajstić information content (AvgIpc) is 2.98. The summed E-state index contributed by atoms with van der Waals surface area (Å²) in [6.45, 7) is 0.409. The number of aldehydes is 2. The number of nitrogens with one attached hydrogen (secondary N) is 3. The second-order valence-electron chi connectivity index (χ2n) is 8.49. The number of amides is 3. The van der Waals surface area contributed by atoms with Gasteiger partial charge in [-0.05, 0) is 37.1 Å². The molecule has 0 bridgehead atoms. The molecule has 0 aromatic heterocycles. The van der Waals surface area contributed by atoms with Gasteiger partial charge in [-0.15, -0.1) is 0 Å². The van der Waals surface area contributed by atoms with Crippen LogP contribution in [0.3, 0.4) is 0 Å². The number of carbonyl (C=O) groups excluding carboxylic acids is 5. The van der Waals surface area contributed by atoms with E-state index in [2.05, 4.69) is 16.0 Å². The fourth-order valence-corrected chi connectivity index (χ4v) is 3.56. The fourth-order valence-electron chi connectivity index (χ4n) is 3.56. The summed E-state index contributed by atoms with van der Waals surface area (Å²) < 4.78 is 21.5. The van der Waals surface area contributed by atoms with Gasteiger partial charge in [-0.2, -0.15) is 0 Å². The van der Waals surface area contributed by atoms with Crippen molar-refractivity contribution in [3.05, 3.63) is 47.5 Å². The molecule has 1 unspecified atom stereocenters. The number of hydrogen-bond acceptors (Lipinski definition) is 9. The Bertz CT molecular complexity index is 1170. The SMILES string of the molecule is CNC(=O)C(CNC(=O)CCCOc1ccc(C=O)c(OC)c1)NC(=O)CCCOc1ccc(C=O)c(OC)c1. The number of rotatable bonds is 18. The molecule has 3 N–H and O–H groups in total. The molecule has 2 aromatic rings. The van der Waals surface area contributed by atoms with Gasteiger partial charge in [0.1, 0.15) is 29.0 Å². The topological polar surface area (TPSA) is 158 Å². The molecule has 0 heterocycles. The van der Waals surface area contributed by atoms with Crippen molar-refractivity contribution >= 4 is 30.3 Å². The Morgan fingerprint density at radius 3 is 1.75 bits per heavy atom. The van der Waals surface area contributed by atoms with E-state index in [0.29, 0.717) is 59.5 Å². The number of carbonyl (C=O) groups is 5. The predicted molar refractivity (Wildman–Crippen MR) is 145 cm³/mol. The lowest BCUT2D eigenvalue weighted by atomic mass is 10.2. The molecule has 0 aliphatic carbocycles. The van der Waals surface area contributed by atoms with Crippen LogP contribution in [0.4, 0.5) is 0 Å². The third kappa shape index (κ3) is 10.3. The highest BCUT2D eigenvalue weighted by Crippen LogP contribution is 2.24. The van der Waals surface area contributed by atoms with Crippen molar-refractivity contribution in [1.29, 1.82) is 0 Å². The van der Waals surface area contributed by atoms with Gasteiger partial charge in [-0.3, -0.25) is 24.0 Å². The molecule has 12 heteroatoms. The standard InChI is InChI=1S/C28H35N3O9/c1-29-28(36)23(31-27(35)7-5-13-40-22-11-9-20(18-33)25(15-22)38-3)16-30-26(34)6-4-12-39-21-10-8-19(17-32)24(14-21)37-2/h8-11,14-15,17-18,23H,4-7,12-13,16H2,1-3H3,(H,29,36)(H,30,34)(H,31,35). The van der Waals surface area contributed by atoms with E-state index in [4.69, 9.17) is 18.9 Å². The van der Waals surface area contributed by atoms with Gasteiger partial charge in [-0.1, -0.05) is 0 Å². The lowest BCUT2D eigenvalue weighted by Gasteiger charge is -2.18. The summed E-state index contributed by atoms with van der Waals surface area (Å²) in [4.78, 5) is 58.8. The van der Waals surface area contributed by atoms with Crippen molar-refractivity contribution in [2.45, 2.75) is 31.7 Å². The Morgan fingerprint density at radius 1 is 0.800 bits per heavy atom. The maximum atomic E-state index is 12.4. The number of hydrogen-bond donors (Lipinski definition) is 3. The Balaban J connectivity index is 1.71. The molecule has 0 radical (unpaired) electrons. The molecule has 0 fully saturated rings. The van der Waals surface area contributed by atoms with E-state index in [1.165, 1.54) is 21.3 Å². The molecule has 0 spiro atoms. The first kappa shape index (κ1) is 31.6. The van der Waals surface area contributed by atoms with Crippen molar-refractivity contribution < 1.29 is 42.9 Å². The molecule has 12 nitrogen and oxygen atoms in total. The van der Waals surface area contributed by atoms with E-state index in [0.717, 1.165) is 0 Å². The van der Waals surface area contributed by atoms with Crippen LogP contribution < -0.4 is 34.9 Å². The van der Waals surface area contributed by atoms with Gasteiger partial charge >= 0.3 is 0 Å². The largest absolute Gasteiger partial charge is 0.496 e. The lowest BCUT2D eigenvalue weighted by Crippen LogP contribution is -2.52. The van der Waals surface area contributed by atoms with Crippen molar-refractivity contribution in [3.63, 3.8) is 0 Å². The van der Waals surface area contributed by atoms with Crippen molar-refractivity contribution in [1.82, 2.24) is 16.0 Å². The molecule has 3 amide bonds. The van der Waals surface area contributed by atoms with Gasteiger partial charge in [0.05, 0.1) is 38.6 Å². The van der Waals surface area contributed by atoms with E-state index >= 15 is 0 Å². The Kier molecular flexibility index (Phi) is 13.5. The molecule has 0 aliphatic heterocycles. The summed E-state index contributed by atoms with van der Waals surface area (Å²) in [5, 5.41) is 7.75. The zero-order valence-electron chi connectivity index (χ0n) is 22.8. The van der Waals surface area contributed by atoms with E-state index in [9.17, 15) is 24.0 Å². The van der Waals surface area contributed by atoms with Crippen LogP contribution in [0, 0.1) is 0 Å². The van der Waals surface area contributed by atoms with Crippen molar-refractivity contribution in [2.75, 3.05) is 41.0 Å². The smallest absolute Gasteiger partial charge is 0.244 e. The molecule has 0 saturated carbocycles. The maximum absolute atomic E-state index is 12.4. The van der Waals surface area contributed by atoms with Crippen molar-refractivity contribution in [3.8, 4) is 23.0 Å². The molecule has 0 saturated heterocycles. The molecule has 1 atom stereocenters. The highest BCUT2D eigenvalue weighted by Gasteiger charge is 2.20. The normalized spacial score (nSPS) is 11.0. The molecule has 0 aliphatic rings. The van der Waals surface area contributed by atoms with Crippen LogP contribution in [0.15, 0.2) is 36.4 Å². The molecule has 216 valence electrons. The number of benzene rings is 2. The van der Waals surface area contributed by atoms with E-state index in [1.54, 1.807) is 36.4 Å². The highest BCUT2D eigenvalue weighted by molar-refractivity contribution is 5.88. The van der Waals surface area contributed by atoms with Crippen LogP contribution in [0.1, 0.15) is 46.4 Å². The number of methoxy groups -OCH3 is 2. The van der Waals surface area contributed by atoms with Crippen LogP contribution >= 0.6 is 0 Å². The van der Waals surface area contributed by atoms with E-state index in [-0.39, 0.29) is 44.4 Å². The summed E-state index contributed by atoms with van der Waals surface area (Å²) in [6, 6.07) is 8.67. The van der Waals surface area contributed by atoms with Crippen molar-refractivity contribution in [2.24, 2.45) is 0 Å². The Labute approximate surface area is 232 Å². The van der Waals surface area contributed by atoms with Crippen LogP contribution in [0.2, 0.25) is 0 Å². The number of likely N-dealkylation sites (N-methyl/N-ethyl adjacent to an activating group) is 1. The quantitative estimate of drug-likeness (QED) is 0.183. The highest BCUT2D eigenvalue weighted by atomic mass is 16.5. The van der Waals surface area contributed by atoms with Crippen LogP contribution in [-0.2, 0) is 14.4 Å². The first-order chi connectivity index (χ1) is 19.3. The monoisotopic (exact) mass is 557 g/mol. The lowest BCUT2D eigenvalue weighted by molar-refractivity contribution is -0.129. The maximum Gasteiger partial charge on any atom is 0.244 e. The fraction of sp³-hybridized carbons (Fsp3) is 0.393. The first-order valence-corrected chi connectivity index (χ1v) is 12.6. The molecular formula is C28H35N3O9. The molecule has 2 aromatic carbocycles. The van der Waals surface area contributed by atoms with Gasteiger partial charge in [-0.25, -0.2) is 0 Å². The summed E-state index contributed by atoms with van der Waals surface area (Å²) in [5.74, 6) is 0.671.